The van der Waals surface area contributed by atoms with Crippen LogP contribution in [0.1, 0.15) is 52.5 Å². The molecule has 5 unspecified atom stereocenters. The maximum absolute atomic E-state index is 10.9. The largest absolute Gasteiger partial charge is 0.493 e. The number of aliphatic hydroxyl groups is 1. The van der Waals surface area contributed by atoms with Crippen molar-refractivity contribution in [1.29, 1.82) is 0 Å². The van der Waals surface area contributed by atoms with Gasteiger partial charge in [-0.2, -0.15) is 5.10 Å². The van der Waals surface area contributed by atoms with E-state index in [1.165, 1.54) is 0 Å². The molecular formula is C15H26N2O3. The van der Waals surface area contributed by atoms with Gasteiger partial charge in [0.05, 0.1) is 25.5 Å². The van der Waals surface area contributed by atoms with Crippen LogP contribution in [-0.2, 0) is 4.74 Å². The van der Waals surface area contributed by atoms with E-state index in [9.17, 15) is 5.11 Å². The van der Waals surface area contributed by atoms with Crippen molar-refractivity contribution in [3.05, 3.63) is 11.9 Å². The number of aliphatic hydroxyl groups excluding tert-OH is 1. The highest BCUT2D eigenvalue weighted by Crippen LogP contribution is 2.43. The fourth-order valence-corrected chi connectivity index (χ4v) is 3.23. The molecule has 5 nitrogen and oxygen atoms in total. The van der Waals surface area contributed by atoms with Crippen molar-refractivity contribution >= 4 is 0 Å². The van der Waals surface area contributed by atoms with Crippen molar-refractivity contribution < 1.29 is 14.6 Å². The molecule has 0 spiro atoms. The first-order valence-electron chi connectivity index (χ1n) is 7.33. The number of nitrogens with zero attached hydrogens (tertiary/aromatic N) is 2. The molecule has 1 N–H and O–H groups in total. The molecule has 2 heterocycles. The van der Waals surface area contributed by atoms with Gasteiger partial charge in [0, 0.05) is 12.0 Å². The molecule has 0 saturated carbocycles. The van der Waals surface area contributed by atoms with Crippen molar-refractivity contribution in [2.45, 2.75) is 59.0 Å². The van der Waals surface area contributed by atoms with Crippen molar-refractivity contribution in [1.82, 2.24) is 9.78 Å². The molecule has 0 radical (unpaired) electrons. The van der Waals surface area contributed by atoms with Gasteiger partial charge < -0.3 is 14.6 Å². The van der Waals surface area contributed by atoms with Gasteiger partial charge in [-0.15, -0.1) is 0 Å². The van der Waals surface area contributed by atoms with E-state index >= 15 is 0 Å². The maximum atomic E-state index is 10.9. The van der Waals surface area contributed by atoms with Gasteiger partial charge in [0.15, 0.2) is 5.75 Å². The summed E-state index contributed by atoms with van der Waals surface area (Å²) in [5.41, 5.74) is 0.754. The third-order valence-corrected chi connectivity index (χ3v) is 4.47. The Morgan fingerprint density at radius 3 is 2.40 bits per heavy atom. The molecule has 0 amide bonds. The van der Waals surface area contributed by atoms with Gasteiger partial charge >= 0.3 is 0 Å². The number of rotatable bonds is 4. The zero-order valence-electron chi connectivity index (χ0n) is 13.2. The zero-order chi connectivity index (χ0) is 15.0. The van der Waals surface area contributed by atoms with Gasteiger partial charge in [0.2, 0.25) is 0 Å². The zero-order valence-corrected chi connectivity index (χ0v) is 13.2. The minimum Gasteiger partial charge on any atom is -0.493 e. The lowest BCUT2D eigenvalue weighted by molar-refractivity contribution is 0.0190. The fraction of sp³-hybridized carbons (Fsp3) is 0.800. The van der Waals surface area contributed by atoms with E-state index in [0.717, 1.165) is 5.69 Å². The average Bonchev–Trinajstić information content (AvgIpc) is 2.91. The average molecular weight is 282 g/mol. The molecule has 0 aromatic carbocycles. The highest BCUT2D eigenvalue weighted by molar-refractivity contribution is 5.28. The Kier molecular flexibility index (Phi) is 4.39. The lowest BCUT2D eigenvalue weighted by Crippen LogP contribution is -2.27. The summed E-state index contributed by atoms with van der Waals surface area (Å²) in [6, 6.07) is 0.175. The van der Waals surface area contributed by atoms with Crippen LogP contribution in [0.15, 0.2) is 6.20 Å². The summed E-state index contributed by atoms with van der Waals surface area (Å²) < 4.78 is 13.1. The smallest absolute Gasteiger partial charge is 0.162 e. The summed E-state index contributed by atoms with van der Waals surface area (Å²) >= 11 is 0. The Morgan fingerprint density at radius 1 is 1.30 bits per heavy atom. The summed E-state index contributed by atoms with van der Waals surface area (Å²) in [4.78, 5) is 0. The van der Waals surface area contributed by atoms with Crippen molar-refractivity contribution in [3.8, 4) is 5.75 Å². The van der Waals surface area contributed by atoms with Crippen LogP contribution in [0.2, 0.25) is 0 Å². The Balaban J connectivity index is 2.37. The van der Waals surface area contributed by atoms with Gasteiger partial charge in [0.25, 0.3) is 0 Å². The summed E-state index contributed by atoms with van der Waals surface area (Å²) in [5.74, 6) is 0.985. The third-order valence-electron chi connectivity index (χ3n) is 4.47. The molecule has 0 bridgehead atoms. The van der Waals surface area contributed by atoms with Gasteiger partial charge in [-0.3, -0.25) is 4.68 Å². The quantitative estimate of drug-likeness (QED) is 0.922. The van der Waals surface area contributed by atoms with E-state index in [-0.39, 0.29) is 24.2 Å². The van der Waals surface area contributed by atoms with Gasteiger partial charge in [-0.25, -0.2) is 0 Å². The third kappa shape index (κ3) is 2.44. The lowest BCUT2D eigenvalue weighted by atomic mass is 9.83. The first-order chi connectivity index (χ1) is 9.38. The first-order valence-corrected chi connectivity index (χ1v) is 7.33. The second kappa shape index (κ2) is 5.74. The molecule has 1 saturated heterocycles. The van der Waals surface area contributed by atoms with Crippen LogP contribution >= 0.6 is 0 Å². The predicted octanol–water partition coefficient (Wildman–Crippen LogP) is 2.57. The van der Waals surface area contributed by atoms with Gasteiger partial charge in [-0.1, -0.05) is 6.92 Å². The van der Waals surface area contributed by atoms with E-state index in [1.54, 1.807) is 13.3 Å². The maximum Gasteiger partial charge on any atom is 0.162 e. The molecule has 1 aliphatic heterocycles. The van der Waals surface area contributed by atoms with Gasteiger partial charge in [-0.05, 0) is 33.6 Å². The highest BCUT2D eigenvalue weighted by Gasteiger charge is 2.43. The van der Waals surface area contributed by atoms with E-state index in [2.05, 4.69) is 18.9 Å². The van der Waals surface area contributed by atoms with E-state index in [0.29, 0.717) is 11.7 Å². The van der Waals surface area contributed by atoms with Gasteiger partial charge in [0.1, 0.15) is 11.8 Å². The van der Waals surface area contributed by atoms with Crippen molar-refractivity contribution in [2.24, 2.45) is 11.8 Å². The summed E-state index contributed by atoms with van der Waals surface area (Å²) in [7, 11) is 1.61. The number of aromatic nitrogens is 2. The first kappa shape index (κ1) is 15.3. The van der Waals surface area contributed by atoms with E-state index < -0.39 is 6.10 Å². The molecule has 1 aromatic heterocycles. The number of ether oxygens (including phenoxy) is 2. The second-order valence-electron chi connectivity index (χ2n) is 6.06. The van der Waals surface area contributed by atoms with E-state index in [1.807, 2.05) is 25.5 Å². The number of hydrogen-bond acceptors (Lipinski definition) is 4. The van der Waals surface area contributed by atoms with Crippen LogP contribution in [-0.4, -0.2) is 34.2 Å². The molecule has 1 aliphatic rings. The van der Waals surface area contributed by atoms with Crippen LogP contribution in [0, 0.1) is 11.8 Å². The highest BCUT2D eigenvalue weighted by atomic mass is 16.5. The topological polar surface area (TPSA) is 56.5 Å². The molecule has 114 valence electrons. The summed E-state index contributed by atoms with van der Waals surface area (Å²) in [6.07, 6.45) is 1.22. The molecule has 5 atom stereocenters. The summed E-state index contributed by atoms with van der Waals surface area (Å²) in [6.45, 7) is 10.3. The molecule has 0 aliphatic carbocycles. The predicted molar refractivity (Wildman–Crippen MR) is 76.8 cm³/mol. The minimum atomic E-state index is -0.634. The van der Waals surface area contributed by atoms with Crippen LogP contribution in [0.4, 0.5) is 0 Å². The molecule has 5 heteroatoms. The van der Waals surface area contributed by atoms with Crippen LogP contribution < -0.4 is 4.74 Å². The van der Waals surface area contributed by atoms with Crippen LogP contribution in [0.25, 0.3) is 0 Å². The lowest BCUT2D eigenvalue weighted by Gasteiger charge is -2.26. The summed E-state index contributed by atoms with van der Waals surface area (Å²) in [5, 5.41) is 15.2. The Labute approximate surface area is 120 Å². The van der Waals surface area contributed by atoms with Crippen molar-refractivity contribution in [2.75, 3.05) is 7.11 Å². The molecular weight excluding hydrogens is 256 g/mol. The van der Waals surface area contributed by atoms with Crippen LogP contribution in [0.3, 0.4) is 0 Å². The van der Waals surface area contributed by atoms with E-state index in [4.69, 9.17) is 9.47 Å². The Hall–Kier alpha value is -1.07. The SMILES string of the molecule is COc1cnn(C(C)C)c1C(O)C1C(C)OC(C)C1C. The normalized spacial score (nSPS) is 31.8. The standard InChI is InChI=1S/C15H26N2O3/c1-8(2)17-14(12(19-6)7-16-17)15(18)13-9(3)10(4)20-11(13)5/h7-11,13,15,18H,1-6H3. The minimum absolute atomic E-state index is 0.0234. The monoisotopic (exact) mass is 282 g/mol. The Morgan fingerprint density at radius 2 is 1.95 bits per heavy atom. The number of methoxy groups -OCH3 is 1. The van der Waals surface area contributed by atoms with Crippen molar-refractivity contribution in [3.63, 3.8) is 0 Å². The van der Waals surface area contributed by atoms with Crippen LogP contribution in [0.5, 0.6) is 5.75 Å². The molecule has 20 heavy (non-hydrogen) atoms. The molecule has 2 rings (SSSR count). The Bertz CT molecular complexity index is 458. The molecule has 1 fully saturated rings. The second-order valence-corrected chi connectivity index (χ2v) is 6.06. The number of hydrogen-bond donors (Lipinski definition) is 1. The molecule has 1 aromatic rings. The fourth-order valence-electron chi connectivity index (χ4n) is 3.23.